The van der Waals surface area contributed by atoms with Crippen molar-refractivity contribution in [3.63, 3.8) is 0 Å². The molecule has 0 heterocycles. The lowest BCUT2D eigenvalue weighted by atomic mass is 10.1. The third kappa shape index (κ3) is 5.76. The van der Waals surface area contributed by atoms with Crippen molar-refractivity contribution in [1.82, 2.24) is 10.2 Å². The summed E-state index contributed by atoms with van der Waals surface area (Å²) in [5, 5.41) is 3.51. The van der Waals surface area contributed by atoms with Gasteiger partial charge in [-0.05, 0) is 31.0 Å². The van der Waals surface area contributed by atoms with Crippen LogP contribution in [0.15, 0.2) is 24.3 Å². The van der Waals surface area contributed by atoms with Crippen molar-refractivity contribution in [3.05, 3.63) is 34.9 Å². The largest absolute Gasteiger partial charge is 0.354 e. The zero-order chi connectivity index (χ0) is 15.8. The Balaban J connectivity index is 2.69. The predicted octanol–water partition coefficient (Wildman–Crippen LogP) is 2.99. The average Bonchev–Trinajstić information content (AvgIpc) is 2.45. The summed E-state index contributed by atoms with van der Waals surface area (Å²) in [6.45, 7) is 6.34. The third-order valence-electron chi connectivity index (χ3n) is 3.35. The first kappa shape index (κ1) is 17.5. The first-order valence-electron chi connectivity index (χ1n) is 7.25. The van der Waals surface area contributed by atoms with E-state index in [4.69, 9.17) is 11.6 Å². The number of unbranched alkanes of at least 4 members (excludes halogenated alkanes) is 1. The molecule has 1 N–H and O–H groups in total. The molecule has 1 unspecified atom stereocenters. The lowest BCUT2D eigenvalue weighted by Crippen LogP contribution is -2.47. The molecule has 4 nitrogen and oxygen atoms in total. The first-order valence-corrected chi connectivity index (χ1v) is 7.62. The van der Waals surface area contributed by atoms with Crippen molar-refractivity contribution in [2.75, 3.05) is 6.54 Å². The average molecular weight is 311 g/mol. The van der Waals surface area contributed by atoms with Crippen LogP contribution in [0.5, 0.6) is 0 Å². The zero-order valence-electron chi connectivity index (χ0n) is 12.9. The van der Waals surface area contributed by atoms with Crippen molar-refractivity contribution in [2.24, 2.45) is 0 Å². The molecule has 1 aromatic rings. The van der Waals surface area contributed by atoms with Crippen molar-refractivity contribution in [2.45, 2.75) is 46.2 Å². The van der Waals surface area contributed by atoms with E-state index in [1.165, 1.54) is 6.92 Å². The Hall–Kier alpha value is -1.55. The van der Waals surface area contributed by atoms with Gasteiger partial charge in [0.05, 0.1) is 0 Å². The van der Waals surface area contributed by atoms with E-state index < -0.39 is 6.04 Å². The number of hydrogen-bond donors (Lipinski definition) is 1. The van der Waals surface area contributed by atoms with Gasteiger partial charge in [-0.15, -0.1) is 0 Å². The highest BCUT2D eigenvalue weighted by molar-refractivity contribution is 6.30. The molecule has 2 amide bonds. The van der Waals surface area contributed by atoms with E-state index in [2.05, 4.69) is 12.2 Å². The molecule has 21 heavy (non-hydrogen) atoms. The molecule has 0 fully saturated rings. The molecule has 0 aliphatic heterocycles. The Morgan fingerprint density at radius 2 is 1.90 bits per heavy atom. The predicted molar refractivity (Wildman–Crippen MR) is 85.1 cm³/mol. The van der Waals surface area contributed by atoms with Gasteiger partial charge in [0.15, 0.2) is 0 Å². The fourth-order valence-electron chi connectivity index (χ4n) is 1.99. The molecule has 0 saturated heterocycles. The summed E-state index contributed by atoms with van der Waals surface area (Å²) in [6.07, 6.45) is 1.96. The number of benzene rings is 1. The van der Waals surface area contributed by atoms with Gasteiger partial charge in [-0.25, -0.2) is 0 Å². The lowest BCUT2D eigenvalue weighted by molar-refractivity contribution is -0.138. The molecular weight excluding hydrogens is 288 g/mol. The molecule has 0 aromatic heterocycles. The highest BCUT2D eigenvalue weighted by Gasteiger charge is 2.23. The number of amides is 2. The molecule has 1 rings (SSSR count). The van der Waals surface area contributed by atoms with Crippen LogP contribution in [0.4, 0.5) is 0 Å². The Morgan fingerprint density at radius 3 is 2.43 bits per heavy atom. The second-order valence-electron chi connectivity index (χ2n) is 5.09. The minimum Gasteiger partial charge on any atom is -0.354 e. The van der Waals surface area contributed by atoms with Crippen molar-refractivity contribution < 1.29 is 9.59 Å². The number of halogens is 1. The molecule has 1 aromatic carbocycles. The maximum atomic E-state index is 12.1. The molecule has 5 heteroatoms. The fourth-order valence-corrected chi connectivity index (χ4v) is 2.11. The molecule has 0 spiro atoms. The Labute approximate surface area is 131 Å². The number of rotatable bonds is 7. The highest BCUT2D eigenvalue weighted by atomic mass is 35.5. The van der Waals surface area contributed by atoms with Gasteiger partial charge in [0.1, 0.15) is 6.04 Å². The molecule has 0 saturated carbocycles. The van der Waals surface area contributed by atoms with Gasteiger partial charge in [0, 0.05) is 25.0 Å². The van der Waals surface area contributed by atoms with Gasteiger partial charge in [0.25, 0.3) is 0 Å². The van der Waals surface area contributed by atoms with Crippen LogP contribution in [0.2, 0.25) is 5.02 Å². The molecule has 0 aliphatic carbocycles. The van der Waals surface area contributed by atoms with E-state index in [0.29, 0.717) is 18.1 Å². The van der Waals surface area contributed by atoms with E-state index in [1.807, 2.05) is 12.1 Å². The number of hydrogen-bond acceptors (Lipinski definition) is 2. The summed E-state index contributed by atoms with van der Waals surface area (Å²) in [7, 11) is 0. The van der Waals surface area contributed by atoms with Gasteiger partial charge < -0.3 is 10.2 Å². The summed E-state index contributed by atoms with van der Waals surface area (Å²) >= 11 is 5.85. The zero-order valence-corrected chi connectivity index (χ0v) is 13.6. The van der Waals surface area contributed by atoms with Gasteiger partial charge in [-0.2, -0.15) is 0 Å². The van der Waals surface area contributed by atoms with Gasteiger partial charge in [-0.3, -0.25) is 9.59 Å². The van der Waals surface area contributed by atoms with Crippen molar-refractivity contribution >= 4 is 23.4 Å². The maximum absolute atomic E-state index is 12.1. The van der Waals surface area contributed by atoms with E-state index in [-0.39, 0.29) is 11.8 Å². The number of nitrogens with zero attached hydrogens (tertiary/aromatic N) is 1. The van der Waals surface area contributed by atoms with E-state index >= 15 is 0 Å². The highest BCUT2D eigenvalue weighted by Crippen LogP contribution is 2.13. The first-order chi connectivity index (χ1) is 9.95. The van der Waals surface area contributed by atoms with Gasteiger partial charge in [-0.1, -0.05) is 37.1 Å². The summed E-state index contributed by atoms with van der Waals surface area (Å²) in [5.41, 5.74) is 0.947. The normalized spacial score (nSPS) is 11.8. The van der Waals surface area contributed by atoms with Crippen LogP contribution in [-0.4, -0.2) is 29.3 Å². The number of carbonyl (C=O) groups is 2. The summed E-state index contributed by atoms with van der Waals surface area (Å²) < 4.78 is 0. The molecule has 0 aliphatic rings. The Morgan fingerprint density at radius 1 is 1.29 bits per heavy atom. The number of nitrogens with one attached hydrogen (secondary N) is 1. The van der Waals surface area contributed by atoms with Crippen LogP contribution in [0.1, 0.15) is 39.2 Å². The maximum Gasteiger partial charge on any atom is 0.242 e. The topological polar surface area (TPSA) is 49.4 Å². The third-order valence-corrected chi connectivity index (χ3v) is 3.60. The smallest absolute Gasteiger partial charge is 0.242 e. The van der Waals surface area contributed by atoms with Crippen molar-refractivity contribution in [3.8, 4) is 0 Å². The van der Waals surface area contributed by atoms with Crippen LogP contribution in [0.25, 0.3) is 0 Å². The van der Waals surface area contributed by atoms with Crippen LogP contribution in [0.3, 0.4) is 0 Å². The monoisotopic (exact) mass is 310 g/mol. The fraction of sp³-hybridized carbons (Fsp3) is 0.500. The molecular formula is C16H23ClN2O2. The summed E-state index contributed by atoms with van der Waals surface area (Å²) in [4.78, 5) is 25.5. The standard InChI is InChI=1S/C16H23ClN2O2/c1-4-5-10-18-16(21)12(2)19(13(3)20)11-14-6-8-15(17)9-7-14/h6-9,12H,4-5,10-11H2,1-3H3,(H,18,21). The SMILES string of the molecule is CCCCNC(=O)C(C)N(Cc1ccc(Cl)cc1)C(C)=O. The molecule has 1 atom stereocenters. The summed E-state index contributed by atoms with van der Waals surface area (Å²) in [6, 6.07) is 6.79. The quantitative estimate of drug-likeness (QED) is 0.787. The van der Waals surface area contributed by atoms with Crippen LogP contribution < -0.4 is 5.32 Å². The van der Waals surface area contributed by atoms with E-state index in [1.54, 1.807) is 24.0 Å². The molecule has 116 valence electrons. The Bertz CT molecular complexity index is 474. The second-order valence-corrected chi connectivity index (χ2v) is 5.53. The van der Waals surface area contributed by atoms with E-state index in [0.717, 1.165) is 18.4 Å². The van der Waals surface area contributed by atoms with Crippen LogP contribution >= 0.6 is 11.6 Å². The molecule has 0 radical (unpaired) electrons. The Kier molecular flexibility index (Phi) is 7.23. The van der Waals surface area contributed by atoms with E-state index in [9.17, 15) is 9.59 Å². The van der Waals surface area contributed by atoms with Crippen LogP contribution in [-0.2, 0) is 16.1 Å². The van der Waals surface area contributed by atoms with Crippen molar-refractivity contribution in [1.29, 1.82) is 0 Å². The number of carbonyl (C=O) groups excluding carboxylic acids is 2. The summed E-state index contributed by atoms with van der Waals surface area (Å²) in [5.74, 6) is -0.240. The minimum absolute atomic E-state index is 0.118. The van der Waals surface area contributed by atoms with Gasteiger partial charge in [0.2, 0.25) is 11.8 Å². The second kappa shape index (κ2) is 8.67. The lowest BCUT2D eigenvalue weighted by Gasteiger charge is -2.27. The van der Waals surface area contributed by atoms with Crippen LogP contribution in [0, 0.1) is 0 Å². The van der Waals surface area contributed by atoms with Gasteiger partial charge >= 0.3 is 0 Å². The molecule has 0 bridgehead atoms. The minimum atomic E-state index is -0.491.